The topological polar surface area (TPSA) is 83.7 Å². The maximum absolute atomic E-state index is 12.6. The molecule has 0 saturated heterocycles. The highest BCUT2D eigenvalue weighted by molar-refractivity contribution is 14.1. The van der Waals surface area contributed by atoms with E-state index in [2.05, 4.69) is 54.3 Å². The third-order valence-corrected chi connectivity index (χ3v) is 9.05. The van der Waals surface area contributed by atoms with Gasteiger partial charge in [-0.2, -0.15) is 0 Å². The normalized spacial score (nSPS) is 11.5. The fourth-order valence-electron chi connectivity index (χ4n) is 4.07. The van der Waals surface area contributed by atoms with E-state index in [1.54, 1.807) is 22.6 Å². The first-order valence-electron chi connectivity index (χ1n) is 11.8. The molecule has 0 aliphatic carbocycles. The summed E-state index contributed by atoms with van der Waals surface area (Å²) >= 11 is 15.2. The lowest BCUT2D eigenvalue weighted by Gasteiger charge is -1.99. The number of para-hydroxylation sites is 3. The summed E-state index contributed by atoms with van der Waals surface area (Å²) in [7, 11) is 0. The molecule has 3 heterocycles. The number of thiocarbonyl (C=S) groups is 1. The third-order valence-electron chi connectivity index (χ3n) is 5.91. The number of imidazole rings is 1. The van der Waals surface area contributed by atoms with Gasteiger partial charge in [-0.1, -0.05) is 85.7 Å². The number of aromatic nitrogens is 2. The molecule has 1 aliphatic heterocycles. The van der Waals surface area contributed by atoms with Crippen LogP contribution in [0.3, 0.4) is 0 Å². The molecule has 0 radical (unpaired) electrons. The van der Waals surface area contributed by atoms with E-state index in [4.69, 9.17) is 17.3 Å². The number of carboxylic acid groups (broad SMARTS) is 1. The van der Waals surface area contributed by atoms with Crippen LogP contribution in [0, 0.1) is 3.57 Å². The number of fused-ring (bicyclic) bond motifs is 5. The Labute approximate surface area is 293 Å². The van der Waals surface area contributed by atoms with Crippen LogP contribution in [0.1, 0.15) is 17.3 Å². The van der Waals surface area contributed by atoms with Crippen molar-refractivity contribution < 1.29 is 11.3 Å². The first-order chi connectivity index (χ1) is 19.2. The van der Waals surface area contributed by atoms with Crippen LogP contribution in [0.4, 0.5) is 5.69 Å². The van der Waals surface area contributed by atoms with E-state index in [-0.39, 0.29) is 31.0 Å². The zero-order chi connectivity index (χ0) is 28.4. The smallest absolute Gasteiger partial charge is 0.336 e. The van der Waals surface area contributed by atoms with Crippen molar-refractivity contribution in [1.82, 2.24) is 9.38 Å². The minimum absolute atomic E-state index is 0. The van der Waals surface area contributed by atoms with E-state index in [9.17, 15) is 9.59 Å². The molecule has 0 spiro atoms. The molecular weight excluding hydrogens is 916 g/mol. The third kappa shape index (κ3) is 7.33. The Balaban J connectivity index is 0.000000182. The summed E-state index contributed by atoms with van der Waals surface area (Å²) in [5, 5.41) is 12.5. The molecular formula is C29H21Br2I2N3O3S2. The van der Waals surface area contributed by atoms with E-state index >= 15 is 0 Å². The largest absolute Gasteiger partial charge is 0.478 e. The maximum atomic E-state index is 12.6. The maximum Gasteiger partial charge on any atom is 0.336 e. The Morgan fingerprint density at radius 3 is 2.44 bits per heavy atom. The predicted octanol–water partition coefficient (Wildman–Crippen LogP) is 9.42. The Hall–Kier alpha value is -1.98. The van der Waals surface area contributed by atoms with Crippen LogP contribution in [-0.2, 0) is 6.42 Å². The van der Waals surface area contributed by atoms with Gasteiger partial charge in [0.25, 0.3) is 5.56 Å². The molecule has 210 valence electrons. The fraction of sp³-hybridized carbons (Fsp3) is 0.0345. The lowest BCUT2D eigenvalue weighted by molar-refractivity contribution is 0.0695. The van der Waals surface area contributed by atoms with Crippen LogP contribution in [0.15, 0.2) is 98.7 Å². The molecule has 6 nitrogen and oxygen atoms in total. The lowest BCUT2D eigenvalue weighted by Crippen LogP contribution is -2.11. The van der Waals surface area contributed by atoms with Gasteiger partial charge in [-0.05, 0) is 82.8 Å². The number of nitrogens with zero attached hydrogens (tertiary/aromatic N) is 2. The molecule has 0 fully saturated rings. The van der Waals surface area contributed by atoms with Crippen molar-refractivity contribution in [1.29, 1.82) is 0 Å². The monoisotopic (exact) mass is 935 g/mol. The van der Waals surface area contributed by atoms with Crippen molar-refractivity contribution in [3.63, 3.8) is 0 Å². The Morgan fingerprint density at radius 2 is 1.71 bits per heavy atom. The van der Waals surface area contributed by atoms with Gasteiger partial charge in [0.15, 0.2) is 4.96 Å². The van der Waals surface area contributed by atoms with Gasteiger partial charge in [0.05, 0.1) is 27.0 Å². The van der Waals surface area contributed by atoms with Crippen LogP contribution >= 0.6 is 102 Å². The van der Waals surface area contributed by atoms with E-state index in [0.29, 0.717) is 5.56 Å². The Kier molecular flexibility index (Phi) is 10.9. The first-order valence-corrected chi connectivity index (χ1v) is 15.7. The number of aromatic carboxylic acids is 1. The van der Waals surface area contributed by atoms with Gasteiger partial charge in [0.1, 0.15) is 0 Å². The van der Waals surface area contributed by atoms with Crippen LogP contribution < -0.4 is 10.9 Å². The minimum atomic E-state index is -0.887. The Morgan fingerprint density at radius 1 is 1.02 bits per heavy atom. The summed E-state index contributed by atoms with van der Waals surface area (Å²) in [6, 6.07) is 26.7. The van der Waals surface area contributed by atoms with Gasteiger partial charge in [-0.15, -0.1) is 24.0 Å². The molecule has 1 aliphatic rings. The minimum Gasteiger partial charge on any atom is -0.478 e. The second-order valence-corrected chi connectivity index (χ2v) is 13.1. The van der Waals surface area contributed by atoms with E-state index in [1.807, 2.05) is 77.2 Å². The molecule has 12 heteroatoms. The second kappa shape index (κ2) is 14.0. The molecule has 0 amide bonds. The number of hydrogen-bond donors (Lipinski definition) is 2. The number of carboxylic acids is 1. The average Bonchev–Trinajstić information content (AvgIpc) is 3.48. The molecule has 0 saturated carbocycles. The highest BCUT2D eigenvalue weighted by Gasteiger charge is 2.12. The summed E-state index contributed by atoms with van der Waals surface area (Å²) in [6.07, 6.45) is 0.908. The quantitative estimate of drug-likeness (QED) is 0.126. The molecule has 4 aromatic carbocycles. The fourth-order valence-corrected chi connectivity index (χ4v) is 7.45. The van der Waals surface area contributed by atoms with Gasteiger partial charge < -0.3 is 10.4 Å². The number of halogens is 4. The molecule has 2 aromatic heterocycles. The number of carbonyl (C=O) groups is 1. The van der Waals surface area contributed by atoms with Gasteiger partial charge in [0.2, 0.25) is 0 Å². The van der Waals surface area contributed by atoms with Gasteiger partial charge in [0, 0.05) is 30.8 Å². The van der Waals surface area contributed by atoms with Gasteiger partial charge >= 0.3 is 5.97 Å². The van der Waals surface area contributed by atoms with E-state index in [0.717, 1.165) is 50.0 Å². The second-order valence-electron chi connectivity index (χ2n) is 8.58. The summed E-state index contributed by atoms with van der Waals surface area (Å²) in [5.74, 6) is -0.887. The van der Waals surface area contributed by atoms with Gasteiger partial charge in [-0.25, -0.2) is 14.2 Å². The molecule has 7 rings (SSSR count). The van der Waals surface area contributed by atoms with Crippen LogP contribution in [-0.4, -0.2) is 25.4 Å². The highest BCUT2D eigenvalue weighted by atomic mass is 127. The van der Waals surface area contributed by atoms with Crippen molar-refractivity contribution >= 4 is 145 Å². The van der Waals surface area contributed by atoms with Gasteiger partial charge in [-0.3, -0.25) is 4.79 Å². The summed E-state index contributed by atoms with van der Waals surface area (Å²) in [4.78, 5) is 29.3. The highest BCUT2D eigenvalue weighted by Crippen LogP contribution is 2.26. The van der Waals surface area contributed by atoms with Crippen LogP contribution in [0.2, 0.25) is 0 Å². The molecule has 0 bridgehead atoms. The molecule has 2 N–H and O–H groups in total. The predicted molar refractivity (Wildman–Crippen MR) is 200 cm³/mol. The average molecular weight is 937 g/mol. The summed E-state index contributed by atoms with van der Waals surface area (Å²) in [5.41, 5.74) is 4.53. The summed E-state index contributed by atoms with van der Waals surface area (Å²) in [6.45, 7) is 0. The lowest BCUT2D eigenvalue weighted by atomic mass is 10.2. The number of nitrogens with one attached hydrogen (secondary N) is 1. The van der Waals surface area contributed by atoms with Crippen molar-refractivity contribution in [2.24, 2.45) is 0 Å². The number of rotatable bonds is 1. The van der Waals surface area contributed by atoms with E-state index in [1.165, 1.54) is 22.6 Å². The molecule has 0 unspecified atom stereocenters. The number of hydrogen-bond acceptors (Lipinski definition) is 5. The molecule has 41 heavy (non-hydrogen) atoms. The zero-order valence-corrected chi connectivity index (χ0v) is 30.1. The zero-order valence-electron chi connectivity index (χ0n) is 20.8. The van der Waals surface area contributed by atoms with E-state index < -0.39 is 5.97 Å². The van der Waals surface area contributed by atoms with Crippen molar-refractivity contribution in [3.05, 3.63) is 119 Å². The van der Waals surface area contributed by atoms with Crippen LogP contribution in [0.5, 0.6) is 0 Å². The van der Waals surface area contributed by atoms with Crippen molar-refractivity contribution in [2.45, 2.75) is 6.42 Å². The SMILES string of the molecule is I.O=C(O)c1ccc(Br)cc1I.O=c1c2ccc(Br)cc2sc2nc3ccccc3n12.S=C1Cc2ccccc2N1.[HH]. The number of benzene rings is 4. The first kappa shape index (κ1) is 31.9. The summed E-state index contributed by atoms with van der Waals surface area (Å²) < 4.78 is 5.24. The number of anilines is 1. The molecule has 0 atom stereocenters. The standard InChI is InChI=1S/C14H7BrN2OS.C8H7NS.C7H4BrIO2.HI.H2/c15-8-5-6-9-12(7-8)19-14-16-10-3-1-2-4-11(10)17(14)13(9)18;10-8-5-6-3-1-2-4-7(6)9-8;8-4-1-2-5(7(10)11)6(9)3-4;;/h1-7H;1-4H,5H2,(H,9,10);1-3H,(H,10,11);2*1H. The van der Waals surface area contributed by atoms with Crippen molar-refractivity contribution in [3.8, 4) is 0 Å². The Bertz CT molecular complexity index is 1980. The molecule has 6 aromatic rings. The van der Waals surface area contributed by atoms with Crippen molar-refractivity contribution in [2.75, 3.05) is 5.32 Å². The van der Waals surface area contributed by atoms with Crippen LogP contribution in [0.25, 0.3) is 26.1 Å².